The molecule has 5 heteroatoms. The molecule has 2 rings (SSSR count). The molecule has 0 saturated carbocycles. The number of likely N-dealkylation sites (N-methyl/N-ethyl adjacent to an activating group) is 1. The number of hydrogen-bond acceptors (Lipinski definition) is 3. The van der Waals surface area contributed by atoms with Crippen molar-refractivity contribution in [3.63, 3.8) is 0 Å². The Kier molecular flexibility index (Phi) is 4.94. The average Bonchev–Trinajstić information content (AvgIpc) is 2.38. The Morgan fingerprint density at radius 2 is 2.19 bits per heavy atom. The van der Waals surface area contributed by atoms with Crippen molar-refractivity contribution in [3.8, 4) is 0 Å². The standard InChI is InChI=1S/C16H22BrNO3/c1-16(2,3)21-15(19)18(4)10-14-12-6-5-7-13(17)11(12)8-9-20-14/h5-7,14H,8-10H2,1-4H3. The van der Waals surface area contributed by atoms with Gasteiger partial charge in [0.15, 0.2) is 0 Å². The SMILES string of the molecule is CN(CC1OCCc2c(Br)cccc21)C(=O)OC(C)(C)C. The molecular weight excluding hydrogens is 334 g/mol. The number of amides is 1. The lowest BCUT2D eigenvalue weighted by Crippen LogP contribution is -2.37. The van der Waals surface area contributed by atoms with Gasteiger partial charge in [-0.05, 0) is 44.4 Å². The fraction of sp³-hybridized carbons (Fsp3) is 0.562. The highest BCUT2D eigenvalue weighted by atomic mass is 79.9. The van der Waals surface area contributed by atoms with E-state index in [9.17, 15) is 4.79 Å². The molecule has 1 heterocycles. The van der Waals surface area contributed by atoms with Gasteiger partial charge < -0.3 is 14.4 Å². The van der Waals surface area contributed by atoms with E-state index in [-0.39, 0.29) is 12.2 Å². The molecule has 1 aromatic rings. The second-order valence-electron chi connectivity index (χ2n) is 6.28. The van der Waals surface area contributed by atoms with Gasteiger partial charge in [0.2, 0.25) is 0 Å². The van der Waals surface area contributed by atoms with Crippen LogP contribution in [-0.2, 0) is 15.9 Å². The molecular formula is C16H22BrNO3. The van der Waals surface area contributed by atoms with Crippen molar-refractivity contribution in [2.75, 3.05) is 20.2 Å². The van der Waals surface area contributed by atoms with Crippen LogP contribution in [0.15, 0.2) is 22.7 Å². The van der Waals surface area contributed by atoms with Crippen LogP contribution in [0, 0.1) is 0 Å². The number of nitrogens with zero attached hydrogens (tertiary/aromatic N) is 1. The average molecular weight is 356 g/mol. The fourth-order valence-electron chi connectivity index (χ4n) is 2.35. The minimum Gasteiger partial charge on any atom is -0.444 e. The number of carbonyl (C=O) groups excluding carboxylic acids is 1. The zero-order valence-electron chi connectivity index (χ0n) is 13.0. The van der Waals surface area contributed by atoms with Crippen LogP contribution in [0.2, 0.25) is 0 Å². The first kappa shape index (κ1) is 16.3. The number of carbonyl (C=O) groups is 1. The maximum Gasteiger partial charge on any atom is 0.410 e. The smallest absolute Gasteiger partial charge is 0.410 e. The Morgan fingerprint density at radius 1 is 1.48 bits per heavy atom. The first-order valence-corrected chi connectivity index (χ1v) is 7.90. The molecule has 0 N–H and O–H groups in total. The summed E-state index contributed by atoms with van der Waals surface area (Å²) in [5.74, 6) is 0. The van der Waals surface area contributed by atoms with Crippen LogP contribution in [0.25, 0.3) is 0 Å². The molecule has 0 saturated heterocycles. The van der Waals surface area contributed by atoms with Crippen LogP contribution < -0.4 is 0 Å². The lowest BCUT2D eigenvalue weighted by atomic mass is 9.97. The van der Waals surface area contributed by atoms with Crippen molar-refractivity contribution in [1.29, 1.82) is 0 Å². The van der Waals surface area contributed by atoms with E-state index in [4.69, 9.17) is 9.47 Å². The number of ether oxygens (including phenoxy) is 2. The zero-order chi connectivity index (χ0) is 15.6. The quantitative estimate of drug-likeness (QED) is 0.806. The number of benzene rings is 1. The second-order valence-corrected chi connectivity index (χ2v) is 7.13. The van der Waals surface area contributed by atoms with E-state index in [1.807, 2.05) is 32.9 Å². The lowest BCUT2D eigenvalue weighted by Gasteiger charge is -2.31. The van der Waals surface area contributed by atoms with Crippen molar-refractivity contribution >= 4 is 22.0 Å². The van der Waals surface area contributed by atoms with Crippen molar-refractivity contribution in [2.45, 2.75) is 38.9 Å². The van der Waals surface area contributed by atoms with E-state index < -0.39 is 5.60 Å². The third kappa shape index (κ3) is 4.20. The molecule has 0 spiro atoms. The zero-order valence-corrected chi connectivity index (χ0v) is 14.6. The predicted molar refractivity (Wildman–Crippen MR) is 85.4 cm³/mol. The summed E-state index contributed by atoms with van der Waals surface area (Å²) in [7, 11) is 1.74. The maximum absolute atomic E-state index is 12.1. The van der Waals surface area contributed by atoms with Gasteiger partial charge in [0.1, 0.15) is 11.7 Å². The van der Waals surface area contributed by atoms with Crippen LogP contribution in [0.5, 0.6) is 0 Å². The Morgan fingerprint density at radius 3 is 2.86 bits per heavy atom. The van der Waals surface area contributed by atoms with E-state index >= 15 is 0 Å². The molecule has 1 atom stereocenters. The van der Waals surface area contributed by atoms with Crippen LogP contribution in [0.4, 0.5) is 4.79 Å². The van der Waals surface area contributed by atoms with Crippen LogP contribution in [0.3, 0.4) is 0 Å². The molecule has 1 amide bonds. The largest absolute Gasteiger partial charge is 0.444 e. The second kappa shape index (κ2) is 6.36. The Balaban J connectivity index is 2.08. The molecule has 1 aliphatic heterocycles. The van der Waals surface area contributed by atoms with Gasteiger partial charge in [0.25, 0.3) is 0 Å². The van der Waals surface area contributed by atoms with Gasteiger partial charge in [-0.1, -0.05) is 28.1 Å². The molecule has 0 fully saturated rings. The molecule has 21 heavy (non-hydrogen) atoms. The molecule has 0 aromatic heterocycles. The monoisotopic (exact) mass is 355 g/mol. The summed E-state index contributed by atoms with van der Waals surface area (Å²) in [6.07, 6.45) is 0.459. The Hall–Kier alpha value is -1.07. The molecule has 116 valence electrons. The fourth-order valence-corrected chi connectivity index (χ4v) is 2.93. The number of rotatable bonds is 2. The highest BCUT2D eigenvalue weighted by Crippen LogP contribution is 2.32. The lowest BCUT2D eigenvalue weighted by molar-refractivity contribution is -0.00173. The van der Waals surface area contributed by atoms with Gasteiger partial charge >= 0.3 is 6.09 Å². The van der Waals surface area contributed by atoms with Gasteiger partial charge in [-0.2, -0.15) is 0 Å². The van der Waals surface area contributed by atoms with E-state index in [1.165, 1.54) is 5.56 Å². The first-order valence-electron chi connectivity index (χ1n) is 7.11. The van der Waals surface area contributed by atoms with Crippen molar-refractivity contribution in [3.05, 3.63) is 33.8 Å². The molecule has 0 bridgehead atoms. The Bertz CT molecular complexity index is 525. The van der Waals surface area contributed by atoms with E-state index in [0.717, 1.165) is 16.5 Å². The van der Waals surface area contributed by atoms with Crippen LogP contribution >= 0.6 is 15.9 Å². The van der Waals surface area contributed by atoms with Crippen molar-refractivity contribution < 1.29 is 14.3 Å². The summed E-state index contributed by atoms with van der Waals surface area (Å²) in [4.78, 5) is 13.6. The summed E-state index contributed by atoms with van der Waals surface area (Å²) >= 11 is 3.58. The number of fused-ring (bicyclic) bond motifs is 1. The molecule has 0 radical (unpaired) electrons. The van der Waals surface area contributed by atoms with Crippen molar-refractivity contribution in [1.82, 2.24) is 4.90 Å². The van der Waals surface area contributed by atoms with Gasteiger partial charge in [-0.25, -0.2) is 4.79 Å². The third-order valence-corrected chi connectivity index (χ3v) is 4.06. The predicted octanol–water partition coefficient (Wildman–Crippen LogP) is 3.93. The molecule has 1 unspecified atom stereocenters. The normalized spacial score (nSPS) is 18.0. The Labute approximate surface area is 134 Å². The van der Waals surface area contributed by atoms with Crippen LogP contribution in [0.1, 0.15) is 38.0 Å². The molecule has 1 aromatic carbocycles. The highest BCUT2D eigenvalue weighted by Gasteiger charge is 2.27. The number of hydrogen-bond donors (Lipinski definition) is 0. The summed E-state index contributed by atoms with van der Waals surface area (Å²) in [6.45, 7) is 6.74. The summed E-state index contributed by atoms with van der Waals surface area (Å²) < 4.78 is 12.3. The van der Waals surface area contributed by atoms with Crippen molar-refractivity contribution in [2.24, 2.45) is 0 Å². The topological polar surface area (TPSA) is 38.8 Å². The van der Waals surface area contributed by atoms with Gasteiger partial charge in [0.05, 0.1) is 13.2 Å². The molecule has 4 nitrogen and oxygen atoms in total. The molecule has 0 aliphatic carbocycles. The molecule has 1 aliphatic rings. The maximum atomic E-state index is 12.1. The van der Waals surface area contributed by atoms with Gasteiger partial charge in [-0.15, -0.1) is 0 Å². The van der Waals surface area contributed by atoms with E-state index in [2.05, 4.69) is 22.0 Å². The third-order valence-electron chi connectivity index (χ3n) is 3.32. The minimum absolute atomic E-state index is 0.108. The first-order chi connectivity index (χ1) is 9.78. The summed E-state index contributed by atoms with van der Waals surface area (Å²) in [5, 5.41) is 0. The van der Waals surface area contributed by atoms with Gasteiger partial charge in [-0.3, -0.25) is 0 Å². The van der Waals surface area contributed by atoms with Gasteiger partial charge in [0, 0.05) is 11.5 Å². The number of halogens is 1. The highest BCUT2D eigenvalue weighted by molar-refractivity contribution is 9.10. The minimum atomic E-state index is -0.486. The summed E-state index contributed by atoms with van der Waals surface area (Å²) in [5.41, 5.74) is 1.93. The van der Waals surface area contributed by atoms with Crippen LogP contribution in [-0.4, -0.2) is 36.8 Å². The summed E-state index contributed by atoms with van der Waals surface area (Å²) in [6, 6.07) is 6.10. The van der Waals surface area contributed by atoms with E-state index in [1.54, 1.807) is 11.9 Å². The van der Waals surface area contributed by atoms with E-state index in [0.29, 0.717) is 13.2 Å².